The van der Waals surface area contributed by atoms with E-state index in [1.54, 1.807) is 0 Å². The molecular formula is C13H23F3N2O2. The molecule has 0 spiro atoms. The van der Waals surface area contributed by atoms with Gasteiger partial charge < -0.3 is 15.8 Å². The van der Waals surface area contributed by atoms with Gasteiger partial charge in [-0.1, -0.05) is 12.8 Å². The maximum Gasteiger partial charge on any atom is 0.392 e. The summed E-state index contributed by atoms with van der Waals surface area (Å²) >= 11 is 0. The fourth-order valence-corrected chi connectivity index (χ4v) is 2.54. The van der Waals surface area contributed by atoms with E-state index in [2.05, 4.69) is 5.32 Å². The topological polar surface area (TPSA) is 64.3 Å². The minimum atomic E-state index is -4.29. The average molecular weight is 296 g/mol. The molecule has 2 unspecified atom stereocenters. The summed E-state index contributed by atoms with van der Waals surface area (Å²) < 4.78 is 43.7. The van der Waals surface area contributed by atoms with Crippen LogP contribution in [-0.4, -0.2) is 38.4 Å². The lowest BCUT2D eigenvalue weighted by molar-refractivity contribution is -0.198. The summed E-state index contributed by atoms with van der Waals surface area (Å²) in [5.41, 5.74) is 5.24. The van der Waals surface area contributed by atoms with Crippen molar-refractivity contribution in [1.29, 1.82) is 0 Å². The Labute approximate surface area is 117 Å². The molecule has 0 saturated heterocycles. The van der Waals surface area contributed by atoms with Crippen LogP contribution in [0, 0.1) is 11.8 Å². The van der Waals surface area contributed by atoms with E-state index in [0.717, 1.165) is 0 Å². The van der Waals surface area contributed by atoms with Gasteiger partial charge >= 0.3 is 6.18 Å². The van der Waals surface area contributed by atoms with Crippen LogP contribution in [0.25, 0.3) is 0 Å². The predicted octanol–water partition coefficient (Wildman–Crippen LogP) is 1.84. The maximum absolute atomic E-state index is 12.9. The minimum Gasteiger partial charge on any atom is -0.380 e. The molecule has 7 heteroatoms. The lowest BCUT2D eigenvalue weighted by Gasteiger charge is -2.32. The maximum atomic E-state index is 12.9. The first-order chi connectivity index (χ1) is 9.46. The molecule has 0 radical (unpaired) electrons. The van der Waals surface area contributed by atoms with E-state index in [9.17, 15) is 18.0 Å². The Morgan fingerprint density at radius 2 is 1.95 bits per heavy atom. The Morgan fingerprint density at radius 3 is 2.60 bits per heavy atom. The second-order valence-corrected chi connectivity index (χ2v) is 5.08. The van der Waals surface area contributed by atoms with Crippen molar-refractivity contribution in [3.05, 3.63) is 0 Å². The van der Waals surface area contributed by atoms with E-state index in [0.29, 0.717) is 52.0 Å². The van der Waals surface area contributed by atoms with Crippen LogP contribution in [0.2, 0.25) is 0 Å². The van der Waals surface area contributed by atoms with Crippen LogP contribution in [0.4, 0.5) is 13.2 Å². The third kappa shape index (κ3) is 5.66. The predicted molar refractivity (Wildman–Crippen MR) is 69.0 cm³/mol. The summed E-state index contributed by atoms with van der Waals surface area (Å²) in [7, 11) is 0. The summed E-state index contributed by atoms with van der Waals surface area (Å²) in [5.74, 6) is -2.91. The summed E-state index contributed by atoms with van der Waals surface area (Å²) in [6.07, 6.45) is -2.10. The molecule has 2 atom stereocenters. The Balaban J connectivity index is 2.33. The van der Waals surface area contributed by atoms with Gasteiger partial charge in [0.1, 0.15) is 0 Å². The second-order valence-electron chi connectivity index (χ2n) is 5.08. The lowest BCUT2D eigenvalue weighted by atomic mass is 9.78. The van der Waals surface area contributed by atoms with Crippen molar-refractivity contribution in [1.82, 2.24) is 5.32 Å². The highest BCUT2D eigenvalue weighted by atomic mass is 19.4. The largest absolute Gasteiger partial charge is 0.392 e. The highest BCUT2D eigenvalue weighted by Crippen LogP contribution is 2.41. The molecule has 0 heterocycles. The number of alkyl halides is 3. The molecule has 1 aliphatic rings. The number of carbonyl (C=O) groups is 1. The number of nitrogens with one attached hydrogen (secondary N) is 1. The summed E-state index contributed by atoms with van der Waals surface area (Å²) in [4.78, 5) is 11.9. The van der Waals surface area contributed by atoms with Gasteiger partial charge in [0.15, 0.2) is 0 Å². The van der Waals surface area contributed by atoms with Gasteiger partial charge in [-0.3, -0.25) is 4.79 Å². The van der Waals surface area contributed by atoms with Gasteiger partial charge in [-0.05, 0) is 19.3 Å². The summed E-state index contributed by atoms with van der Waals surface area (Å²) in [6, 6.07) is 0. The molecule has 4 nitrogen and oxygen atoms in total. The SMILES string of the molecule is NCCOCCCNC(=O)C1CCCCC1C(F)(F)F. The van der Waals surface area contributed by atoms with Gasteiger partial charge in [-0.2, -0.15) is 13.2 Å². The average Bonchev–Trinajstić information content (AvgIpc) is 2.41. The number of ether oxygens (including phenoxy) is 1. The van der Waals surface area contributed by atoms with Gasteiger partial charge in [-0.15, -0.1) is 0 Å². The van der Waals surface area contributed by atoms with E-state index in [-0.39, 0.29) is 6.42 Å². The van der Waals surface area contributed by atoms with Crippen molar-refractivity contribution in [3.63, 3.8) is 0 Å². The molecule has 1 rings (SSSR count). The lowest BCUT2D eigenvalue weighted by Crippen LogP contribution is -2.42. The smallest absolute Gasteiger partial charge is 0.380 e. The second kappa shape index (κ2) is 8.46. The van der Waals surface area contributed by atoms with Gasteiger partial charge in [0.2, 0.25) is 5.91 Å². The Kier molecular flexibility index (Phi) is 7.29. The van der Waals surface area contributed by atoms with E-state index >= 15 is 0 Å². The van der Waals surface area contributed by atoms with Crippen LogP contribution >= 0.6 is 0 Å². The van der Waals surface area contributed by atoms with E-state index in [1.807, 2.05) is 0 Å². The van der Waals surface area contributed by atoms with Gasteiger partial charge in [0.05, 0.1) is 12.5 Å². The monoisotopic (exact) mass is 296 g/mol. The van der Waals surface area contributed by atoms with Crippen LogP contribution in [0.1, 0.15) is 32.1 Å². The molecule has 0 aromatic heterocycles. The first kappa shape index (κ1) is 17.2. The van der Waals surface area contributed by atoms with Crippen molar-refractivity contribution in [2.45, 2.75) is 38.3 Å². The summed E-state index contributed by atoms with van der Waals surface area (Å²) in [5, 5.41) is 2.58. The molecule has 1 amide bonds. The molecule has 0 aliphatic heterocycles. The van der Waals surface area contributed by atoms with Crippen molar-refractivity contribution in [2.75, 3.05) is 26.3 Å². The zero-order valence-electron chi connectivity index (χ0n) is 11.5. The molecule has 1 aliphatic carbocycles. The zero-order chi connectivity index (χ0) is 15.0. The van der Waals surface area contributed by atoms with Crippen LogP contribution in [0.3, 0.4) is 0 Å². The van der Waals surface area contributed by atoms with E-state index < -0.39 is 23.9 Å². The van der Waals surface area contributed by atoms with Crippen LogP contribution in [0.15, 0.2) is 0 Å². The molecule has 3 N–H and O–H groups in total. The molecule has 0 aromatic carbocycles. The van der Waals surface area contributed by atoms with Gasteiger partial charge in [-0.25, -0.2) is 0 Å². The van der Waals surface area contributed by atoms with E-state index in [4.69, 9.17) is 10.5 Å². The normalized spacial score (nSPS) is 23.6. The van der Waals surface area contributed by atoms with Crippen molar-refractivity contribution in [2.24, 2.45) is 17.6 Å². The molecule has 118 valence electrons. The minimum absolute atomic E-state index is 0.0567. The fraction of sp³-hybridized carbons (Fsp3) is 0.923. The molecular weight excluding hydrogens is 273 g/mol. The van der Waals surface area contributed by atoms with E-state index in [1.165, 1.54) is 0 Å². The van der Waals surface area contributed by atoms with Crippen LogP contribution in [0.5, 0.6) is 0 Å². The highest BCUT2D eigenvalue weighted by molar-refractivity contribution is 5.79. The number of halogens is 3. The number of hydrogen-bond donors (Lipinski definition) is 2. The fourth-order valence-electron chi connectivity index (χ4n) is 2.54. The highest BCUT2D eigenvalue weighted by Gasteiger charge is 2.47. The Bertz CT molecular complexity index is 298. The zero-order valence-corrected chi connectivity index (χ0v) is 11.5. The Hall–Kier alpha value is -0.820. The number of carbonyl (C=O) groups excluding carboxylic acids is 1. The third-order valence-electron chi connectivity index (χ3n) is 3.55. The van der Waals surface area contributed by atoms with Gasteiger partial charge in [0, 0.05) is 25.6 Å². The van der Waals surface area contributed by atoms with Crippen LogP contribution < -0.4 is 11.1 Å². The van der Waals surface area contributed by atoms with Crippen molar-refractivity contribution in [3.8, 4) is 0 Å². The van der Waals surface area contributed by atoms with Crippen molar-refractivity contribution < 1.29 is 22.7 Å². The third-order valence-corrected chi connectivity index (χ3v) is 3.55. The summed E-state index contributed by atoms with van der Waals surface area (Å²) in [6.45, 7) is 1.67. The number of rotatable bonds is 7. The number of nitrogens with two attached hydrogens (primary N) is 1. The standard InChI is InChI=1S/C13H23F3N2O2/c14-13(15,16)11-5-2-1-4-10(11)12(19)18-7-3-8-20-9-6-17/h10-11H,1-9,17H2,(H,18,19). The molecule has 0 aromatic rings. The first-order valence-corrected chi connectivity index (χ1v) is 7.09. The molecule has 0 bridgehead atoms. The van der Waals surface area contributed by atoms with Crippen LogP contribution in [-0.2, 0) is 9.53 Å². The number of amides is 1. The quantitative estimate of drug-likeness (QED) is 0.705. The van der Waals surface area contributed by atoms with Crippen molar-refractivity contribution >= 4 is 5.91 Å². The molecule has 1 fully saturated rings. The number of hydrogen-bond acceptors (Lipinski definition) is 3. The Morgan fingerprint density at radius 1 is 1.25 bits per heavy atom. The molecule has 1 saturated carbocycles. The first-order valence-electron chi connectivity index (χ1n) is 7.09. The van der Waals surface area contributed by atoms with Gasteiger partial charge in [0.25, 0.3) is 0 Å². The molecule has 20 heavy (non-hydrogen) atoms.